The molecule has 19 heavy (non-hydrogen) atoms. The van der Waals surface area contributed by atoms with Gasteiger partial charge in [-0.05, 0) is 50.8 Å². The fourth-order valence-corrected chi connectivity index (χ4v) is 3.35. The van der Waals surface area contributed by atoms with Crippen LogP contribution in [0.1, 0.15) is 47.2 Å². The average molecular weight is 275 g/mol. The van der Waals surface area contributed by atoms with Gasteiger partial charge < -0.3 is 5.32 Å². The third kappa shape index (κ3) is 3.13. The Morgan fingerprint density at radius 3 is 2.32 bits per heavy atom. The molecule has 4 heteroatoms. The summed E-state index contributed by atoms with van der Waals surface area (Å²) in [7, 11) is 0. The summed E-state index contributed by atoms with van der Waals surface area (Å²) in [5.41, 5.74) is 5.34. The van der Waals surface area contributed by atoms with Crippen molar-refractivity contribution in [3.05, 3.63) is 39.4 Å². The zero-order valence-corrected chi connectivity index (χ0v) is 13.1. The predicted octanol–water partition coefficient (Wildman–Crippen LogP) is 4.20. The molecular formula is C15H21N3S. The summed E-state index contributed by atoms with van der Waals surface area (Å²) >= 11 is 1.64. The van der Waals surface area contributed by atoms with Crippen molar-refractivity contribution in [3.63, 3.8) is 0 Å². The lowest BCUT2D eigenvalue weighted by Gasteiger charge is -2.19. The van der Waals surface area contributed by atoms with E-state index in [0.717, 1.165) is 16.6 Å². The average Bonchev–Trinajstić information content (AvgIpc) is 2.75. The van der Waals surface area contributed by atoms with Crippen molar-refractivity contribution in [1.82, 2.24) is 10.2 Å². The third-order valence-electron chi connectivity index (χ3n) is 3.28. The summed E-state index contributed by atoms with van der Waals surface area (Å²) in [5, 5.41) is 13.8. The molecule has 2 aromatic rings. The highest BCUT2D eigenvalue weighted by Crippen LogP contribution is 2.27. The van der Waals surface area contributed by atoms with E-state index in [2.05, 4.69) is 62.3 Å². The molecule has 0 aliphatic carbocycles. The van der Waals surface area contributed by atoms with Crippen molar-refractivity contribution in [2.45, 2.75) is 47.1 Å². The molecule has 1 N–H and O–H groups in total. The second-order valence-electron chi connectivity index (χ2n) is 5.03. The normalized spacial score (nSPS) is 12.5. The fraction of sp³-hybridized carbons (Fsp3) is 0.467. The van der Waals surface area contributed by atoms with Gasteiger partial charge in [0, 0.05) is 0 Å². The van der Waals surface area contributed by atoms with E-state index in [1.165, 1.54) is 22.3 Å². The Balaban J connectivity index is 2.22. The summed E-state index contributed by atoms with van der Waals surface area (Å²) in [6, 6.07) is 4.72. The Bertz CT molecular complexity index is 552. The maximum Gasteiger partial charge on any atom is 0.206 e. The Labute approximate surface area is 119 Å². The number of aromatic nitrogens is 2. The fourth-order valence-electron chi connectivity index (χ4n) is 2.59. The SMILES string of the molecule is CCc1nnc(NC(C)c2c(C)cc(C)cc2C)s1. The summed E-state index contributed by atoms with van der Waals surface area (Å²) in [4.78, 5) is 0. The molecule has 0 bridgehead atoms. The van der Waals surface area contributed by atoms with E-state index in [9.17, 15) is 0 Å². The number of hydrogen-bond donors (Lipinski definition) is 1. The van der Waals surface area contributed by atoms with Gasteiger partial charge in [-0.1, -0.05) is 36.0 Å². The minimum atomic E-state index is 0.248. The summed E-state index contributed by atoms with van der Waals surface area (Å²) in [6.07, 6.45) is 0.941. The van der Waals surface area contributed by atoms with Crippen LogP contribution in [-0.2, 0) is 6.42 Å². The van der Waals surface area contributed by atoms with Crippen LogP contribution in [0.25, 0.3) is 0 Å². The second kappa shape index (κ2) is 5.70. The molecule has 0 radical (unpaired) electrons. The molecule has 0 spiro atoms. The van der Waals surface area contributed by atoms with E-state index in [0.29, 0.717) is 0 Å². The van der Waals surface area contributed by atoms with Gasteiger partial charge in [-0.2, -0.15) is 0 Å². The van der Waals surface area contributed by atoms with Crippen molar-refractivity contribution < 1.29 is 0 Å². The van der Waals surface area contributed by atoms with Gasteiger partial charge in [-0.15, -0.1) is 10.2 Å². The molecular weight excluding hydrogens is 254 g/mol. The van der Waals surface area contributed by atoms with Gasteiger partial charge in [-0.25, -0.2) is 0 Å². The quantitative estimate of drug-likeness (QED) is 0.908. The highest BCUT2D eigenvalue weighted by Gasteiger charge is 2.13. The Hall–Kier alpha value is -1.42. The van der Waals surface area contributed by atoms with Gasteiger partial charge in [0.25, 0.3) is 0 Å². The minimum Gasteiger partial charge on any atom is -0.354 e. The predicted molar refractivity (Wildman–Crippen MR) is 82.0 cm³/mol. The van der Waals surface area contributed by atoms with Crippen LogP contribution in [0.5, 0.6) is 0 Å². The van der Waals surface area contributed by atoms with E-state index < -0.39 is 0 Å². The molecule has 102 valence electrons. The first kappa shape index (κ1) is 14.0. The van der Waals surface area contributed by atoms with Crippen LogP contribution in [0.4, 0.5) is 5.13 Å². The smallest absolute Gasteiger partial charge is 0.206 e. The van der Waals surface area contributed by atoms with Crippen LogP contribution in [0.2, 0.25) is 0 Å². The van der Waals surface area contributed by atoms with E-state index in [1.54, 1.807) is 11.3 Å². The van der Waals surface area contributed by atoms with Crippen LogP contribution in [0.15, 0.2) is 12.1 Å². The van der Waals surface area contributed by atoms with Crippen LogP contribution >= 0.6 is 11.3 Å². The first-order valence-corrected chi connectivity index (χ1v) is 7.49. The van der Waals surface area contributed by atoms with Gasteiger partial charge in [0.1, 0.15) is 5.01 Å². The number of nitrogens with zero attached hydrogens (tertiary/aromatic N) is 2. The van der Waals surface area contributed by atoms with Gasteiger partial charge in [0.05, 0.1) is 6.04 Å². The zero-order valence-electron chi connectivity index (χ0n) is 12.2. The van der Waals surface area contributed by atoms with Crippen molar-refractivity contribution in [2.75, 3.05) is 5.32 Å². The van der Waals surface area contributed by atoms with Crippen molar-refractivity contribution in [3.8, 4) is 0 Å². The molecule has 0 aliphatic rings. The van der Waals surface area contributed by atoms with Crippen molar-refractivity contribution >= 4 is 16.5 Å². The molecule has 1 unspecified atom stereocenters. The molecule has 0 saturated carbocycles. The van der Waals surface area contributed by atoms with Crippen LogP contribution in [-0.4, -0.2) is 10.2 Å². The highest BCUT2D eigenvalue weighted by atomic mass is 32.1. The molecule has 0 fully saturated rings. The third-order valence-corrected chi connectivity index (χ3v) is 4.28. The lowest BCUT2D eigenvalue weighted by Crippen LogP contribution is -2.10. The van der Waals surface area contributed by atoms with Gasteiger partial charge in [0.2, 0.25) is 5.13 Å². The first-order chi connectivity index (χ1) is 9.01. The Morgan fingerprint density at radius 2 is 1.79 bits per heavy atom. The monoisotopic (exact) mass is 275 g/mol. The molecule has 0 saturated heterocycles. The molecule has 0 aliphatic heterocycles. The molecule has 3 nitrogen and oxygen atoms in total. The lowest BCUT2D eigenvalue weighted by atomic mass is 9.95. The number of benzene rings is 1. The van der Waals surface area contributed by atoms with Crippen molar-refractivity contribution in [1.29, 1.82) is 0 Å². The number of nitrogens with one attached hydrogen (secondary N) is 1. The first-order valence-electron chi connectivity index (χ1n) is 6.68. The topological polar surface area (TPSA) is 37.8 Å². The number of anilines is 1. The van der Waals surface area contributed by atoms with Gasteiger partial charge in [-0.3, -0.25) is 0 Å². The van der Waals surface area contributed by atoms with Crippen molar-refractivity contribution in [2.24, 2.45) is 0 Å². The maximum atomic E-state index is 4.19. The summed E-state index contributed by atoms with van der Waals surface area (Å²) < 4.78 is 0. The summed E-state index contributed by atoms with van der Waals surface area (Å²) in [5.74, 6) is 0. The molecule has 1 aromatic carbocycles. The minimum absolute atomic E-state index is 0.248. The largest absolute Gasteiger partial charge is 0.354 e. The van der Waals surface area contributed by atoms with E-state index in [4.69, 9.17) is 0 Å². The second-order valence-corrected chi connectivity index (χ2v) is 6.09. The van der Waals surface area contributed by atoms with Gasteiger partial charge >= 0.3 is 0 Å². The van der Waals surface area contributed by atoms with E-state index in [1.807, 2.05) is 0 Å². The number of hydrogen-bond acceptors (Lipinski definition) is 4. The zero-order chi connectivity index (χ0) is 14.0. The molecule has 1 atom stereocenters. The van der Waals surface area contributed by atoms with E-state index in [-0.39, 0.29) is 6.04 Å². The molecule has 0 amide bonds. The maximum absolute atomic E-state index is 4.19. The summed E-state index contributed by atoms with van der Waals surface area (Å²) in [6.45, 7) is 10.8. The lowest BCUT2D eigenvalue weighted by molar-refractivity contribution is 0.851. The van der Waals surface area contributed by atoms with Crippen LogP contribution in [0, 0.1) is 20.8 Å². The number of aryl methyl sites for hydroxylation is 4. The van der Waals surface area contributed by atoms with Crippen LogP contribution < -0.4 is 5.32 Å². The van der Waals surface area contributed by atoms with Gasteiger partial charge in [0.15, 0.2) is 0 Å². The molecule has 1 heterocycles. The Kier molecular flexibility index (Phi) is 4.20. The molecule has 2 rings (SSSR count). The number of rotatable bonds is 4. The standard InChI is InChI=1S/C15H21N3S/c1-6-13-17-18-15(19-13)16-12(5)14-10(3)7-9(2)8-11(14)4/h7-8,12H,6H2,1-5H3,(H,16,18). The Morgan fingerprint density at radius 1 is 1.16 bits per heavy atom. The van der Waals surface area contributed by atoms with E-state index >= 15 is 0 Å². The van der Waals surface area contributed by atoms with Crippen LogP contribution in [0.3, 0.4) is 0 Å². The molecule has 1 aromatic heterocycles. The highest BCUT2D eigenvalue weighted by molar-refractivity contribution is 7.15.